The molecule has 0 spiro atoms. The summed E-state index contributed by atoms with van der Waals surface area (Å²) in [5.41, 5.74) is 14.3. The maximum absolute atomic E-state index is 13.7. The van der Waals surface area contributed by atoms with Crippen molar-refractivity contribution in [2.45, 2.75) is 45.1 Å². The van der Waals surface area contributed by atoms with Gasteiger partial charge in [0.1, 0.15) is 17.0 Å². The van der Waals surface area contributed by atoms with Gasteiger partial charge in [0, 0.05) is 66.9 Å². The fourth-order valence-corrected chi connectivity index (χ4v) is 7.71. The van der Waals surface area contributed by atoms with Crippen LogP contribution in [-0.4, -0.2) is 64.7 Å². The van der Waals surface area contributed by atoms with E-state index in [2.05, 4.69) is 44.8 Å². The number of methoxy groups -OCH3 is 2. The molecule has 48 heavy (non-hydrogen) atoms. The molecule has 3 aliphatic rings. The third-order valence-corrected chi connectivity index (χ3v) is 10.4. The van der Waals surface area contributed by atoms with E-state index in [9.17, 15) is 9.59 Å². The molecule has 2 amide bonds. The molecule has 0 bridgehead atoms. The fraction of sp³-hybridized carbons (Fsp3) is 0.395. The van der Waals surface area contributed by atoms with Crippen LogP contribution >= 0.6 is 0 Å². The fourth-order valence-electron chi connectivity index (χ4n) is 7.71. The molecular formula is C38H42N6O4. The number of hydrogen-bond acceptors (Lipinski definition) is 6. The number of amides is 2. The standard InChI is InChI=1S/C38H42N6O4/c1-42-36-30(15-26(17-33(36)48-3)38(46)43-13-5-6-23(19-39)20-43)41-37(42)31-16-25-7-4-8-27(35(25)44(31)21-22-9-10-22)28-14-24-11-12-34(45)40-29(24)18-32(28)47-2/h4,7-8,14-18,22-23H,5-6,9-13,19-21,39H2,1-3H3,(H,40,45)/t23-/m0/s1. The average Bonchev–Trinajstić information content (AvgIpc) is 3.78. The third-order valence-electron chi connectivity index (χ3n) is 10.4. The number of anilines is 1. The van der Waals surface area contributed by atoms with Crippen molar-refractivity contribution in [1.82, 2.24) is 19.0 Å². The lowest BCUT2D eigenvalue weighted by molar-refractivity contribution is -0.116. The van der Waals surface area contributed by atoms with Crippen LogP contribution in [0.5, 0.6) is 11.5 Å². The Balaban J connectivity index is 1.27. The van der Waals surface area contributed by atoms with Gasteiger partial charge in [0.05, 0.1) is 30.9 Å². The van der Waals surface area contributed by atoms with Gasteiger partial charge in [-0.2, -0.15) is 0 Å². The minimum absolute atomic E-state index is 0.00777. The van der Waals surface area contributed by atoms with Crippen LogP contribution in [0.4, 0.5) is 5.69 Å². The highest BCUT2D eigenvalue weighted by Gasteiger charge is 2.29. The molecule has 2 aliphatic heterocycles. The molecule has 3 N–H and O–H groups in total. The lowest BCUT2D eigenvalue weighted by Gasteiger charge is -2.32. The highest BCUT2D eigenvalue weighted by molar-refractivity contribution is 6.02. The second-order valence-corrected chi connectivity index (χ2v) is 13.6. The number of fused-ring (bicyclic) bond motifs is 3. The number of rotatable bonds is 8. The molecule has 1 saturated heterocycles. The Bertz CT molecular complexity index is 2090. The van der Waals surface area contributed by atoms with Crippen LogP contribution in [0.15, 0.2) is 48.5 Å². The molecule has 4 heterocycles. The van der Waals surface area contributed by atoms with Crippen molar-refractivity contribution < 1.29 is 19.1 Å². The monoisotopic (exact) mass is 646 g/mol. The van der Waals surface area contributed by atoms with Gasteiger partial charge in [-0.3, -0.25) is 9.59 Å². The van der Waals surface area contributed by atoms with Crippen molar-refractivity contribution in [2.75, 3.05) is 39.2 Å². The number of imidazole rings is 1. The van der Waals surface area contributed by atoms with Crippen molar-refractivity contribution in [2.24, 2.45) is 24.6 Å². The number of benzene rings is 3. The van der Waals surface area contributed by atoms with E-state index in [1.165, 1.54) is 12.8 Å². The topological polar surface area (TPSA) is 117 Å². The Morgan fingerprint density at radius 1 is 0.979 bits per heavy atom. The number of carbonyl (C=O) groups is 2. The van der Waals surface area contributed by atoms with Crippen LogP contribution < -0.4 is 20.5 Å². The van der Waals surface area contributed by atoms with Crippen LogP contribution in [0, 0.1) is 11.8 Å². The number of ether oxygens (including phenoxy) is 2. The molecule has 8 rings (SSSR count). The first-order valence-electron chi connectivity index (χ1n) is 17.0. The van der Waals surface area contributed by atoms with Gasteiger partial charge < -0.3 is 34.6 Å². The van der Waals surface area contributed by atoms with Gasteiger partial charge in [0.15, 0.2) is 5.82 Å². The number of carbonyl (C=O) groups excluding carboxylic acids is 2. The van der Waals surface area contributed by atoms with Crippen molar-refractivity contribution >= 4 is 39.4 Å². The number of nitrogens with one attached hydrogen (secondary N) is 1. The van der Waals surface area contributed by atoms with Crippen LogP contribution in [0.2, 0.25) is 0 Å². The normalized spacial score (nSPS) is 17.9. The van der Waals surface area contributed by atoms with Crippen LogP contribution in [0.1, 0.15) is 48.0 Å². The number of aryl methyl sites for hydroxylation is 2. The summed E-state index contributed by atoms with van der Waals surface area (Å²) in [7, 11) is 5.35. The summed E-state index contributed by atoms with van der Waals surface area (Å²) < 4.78 is 16.3. The zero-order valence-electron chi connectivity index (χ0n) is 27.8. The Morgan fingerprint density at radius 2 is 1.81 bits per heavy atom. The predicted octanol–water partition coefficient (Wildman–Crippen LogP) is 5.98. The van der Waals surface area contributed by atoms with Gasteiger partial charge in [0.2, 0.25) is 5.91 Å². The van der Waals surface area contributed by atoms with Gasteiger partial charge >= 0.3 is 0 Å². The van der Waals surface area contributed by atoms with E-state index in [1.54, 1.807) is 14.2 Å². The molecular weight excluding hydrogens is 604 g/mol. The molecule has 0 radical (unpaired) electrons. The summed E-state index contributed by atoms with van der Waals surface area (Å²) in [5, 5.41) is 4.13. The number of nitrogens with two attached hydrogens (primary N) is 1. The number of piperidine rings is 1. The lowest BCUT2D eigenvalue weighted by atomic mass is 9.95. The summed E-state index contributed by atoms with van der Waals surface area (Å²) in [6.45, 7) is 2.87. The van der Waals surface area contributed by atoms with Gasteiger partial charge in [-0.1, -0.05) is 18.2 Å². The maximum Gasteiger partial charge on any atom is 0.254 e. The second kappa shape index (κ2) is 12.0. The molecule has 2 fully saturated rings. The average molecular weight is 647 g/mol. The molecule has 3 aromatic carbocycles. The third kappa shape index (κ3) is 5.19. The quantitative estimate of drug-likeness (QED) is 0.214. The van der Waals surface area contributed by atoms with Gasteiger partial charge in [-0.15, -0.1) is 0 Å². The van der Waals surface area contributed by atoms with Crippen LogP contribution in [0.3, 0.4) is 0 Å². The first-order chi connectivity index (χ1) is 23.4. The summed E-state index contributed by atoms with van der Waals surface area (Å²) in [5.74, 6) is 3.12. The second-order valence-electron chi connectivity index (χ2n) is 13.6. The molecule has 10 nitrogen and oxygen atoms in total. The van der Waals surface area contributed by atoms with E-state index in [-0.39, 0.29) is 11.8 Å². The minimum Gasteiger partial charge on any atom is -0.496 e. The van der Waals surface area contributed by atoms with E-state index in [1.807, 2.05) is 30.1 Å². The number of hydrogen-bond donors (Lipinski definition) is 2. The Hall–Kier alpha value is -4.83. The molecule has 1 atom stereocenters. The van der Waals surface area contributed by atoms with Crippen LogP contribution in [0.25, 0.3) is 44.6 Å². The Labute approximate surface area is 279 Å². The summed E-state index contributed by atoms with van der Waals surface area (Å²) in [6.07, 6.45) is 5.59. The predicted molar refractivity (Wildman–Crippen MR) is 188 cm³/mol. The molecule has 248 valence electrons. The molecule has 2 aromatic heterocycles. The zero-order valence-corrected chi connectivity index (χ0v) is 27.8. The summed E-state index contributed by atoms with van der Waals surface area (Å²) in [4.78, 5) is 33.0. The van der Waals surface area contributed by atoms with E-state index in [0.29, 0.717) is 49.1 Å². The minimum atomic E-state index is -0.00777. The van der Waals surface area contributed by atoms with Gasteiger partial charge in [-0.05, 0) is 80.3 Å². The molecule has 5 aromatic rings. The molecule has 1 saturated carbocycles. The molecule has 1 aliphatic carbocycles. The molecule has 10 heteroatoms. The van der Waals surface area contributed by atoms with E-state index in [4.69, 9.17) is 20.2 Å². The van der Waals surface area contributed by atoms with E-state index >= 15 is 0 Å². The van der Waals surface area contributed by atoms with Crippen molar-refractivity contribution in [3.63, 3.8) is 0 Å². The highest BCUT2D eigenvalue weighted by Crippen LogP contribution is 2.44. The first kappa shape index (κ1) is 30.5. The van der Waals surface area contributed by atoms with E-state index in [0.717, 1.165) is 87.5 Å². The molecule has 0 unspecified atom stereocenters. The highest BCUT2D eigenvalue weighted by atomic mass is 16.5. The zero-order chi connectivity index (χ0) is 33.1. The first-order valence-corrected chi connectivity index (χ1v) is 17.0. The Morgan fingerprint density at radius 3 is 2.58 bits per heavy atom. The smallest absolute Gasteiger partial charge is 0.254 e. The van der Waals surface area contributed by atoms with Crippen molar-refractivity contribution in [3.8, 4) is 34.1 Å². The van der Waals surface area contributed by atoms with Gasteiger partial charge in [0.25, 0.3) is 5.91 Å². The number of nitrogens with zero attached hydrogens (tertiary/aromatic N) is 4. The van der Waals surface area contributed by atoms with Gasteiger partial charge in [-0.25, -0.2) is 4.98 Å². The van der Waals surface area contributed by atoms with Crippen LogP contribution in [-0.2, 0) is 24.8 Å². The Kier molecular flexibility index (Phi) is 7.63. The summed E-state index contributed by atoms with van der Waals surface area (Å²) in [6, 6.07) is 16.5. The van der Waals surface area contributed by atoms with Crippen molar-refractivity contribution in [1.29, 1.82) is 0 Å². The summed E-state index contributed by atoms with van der Waals surface area (Å²) >= 11 is 0. The largest absolute Gasteiger partial charge is 0.496 e. The van der Waals surface area contributed by atoms with Crippen molar-refractivity contribution in [3.05, 3.63) is 59.7 Å². The SMILES string of the molecule is COc1cc2c(cc1-c1cccc3cc(-c4nc5cc(C(=O)N6CCC[C@@H](CN)C6)cc(OC)c5n4C)n(CC4CC4)c13)CCC(=O)N2. The number of likely N-dealkylation sites (tertiary alicyclic amines) is 1. The van der Waals surface area contributed by atoms with E-state index < -0.39 is 0 Å². The maximum atomic E-state index is 13.7. The number of para-hydroxylation sites is 1. The lowest BCUT2D eigenvalue weighted by Crippen LogP contribution is -2.42. The number of aromatic nitrogens is 3.